The van der Waals surface area contributed by atoms with E-state index in [-0.39, 0.29) is 18.2 Å². The van der Waals surface area contributed by atoms with E-state index in [1.54, 1.807) is 18.2 Å². The van der Waals surface area contributed by atoms with Gasteiger partial charge in [-0.15, -0.1) is 0 Å². The van der Waals surface area contributed by atoms with Gasteiger partial charge in [0.1, 0.15) is 11.9 Å². The molecule has 7 nitrogen and oxygen atoms in total. The molecule has 0 bridgehead atoms. The summed E-state index contributed by atoms with van der Waals surface area (Å²) in [5, 5.41) is 2.63. The second-order valence-corrected chi connectivity index (χ2v) is 5.61. The first-order valence-corrected chi connectivity index (χ1v) is 7.57. The molecule has 2 heterocycles. The number of ether oxygens (including phenoxy) is 2. The summed E-state index contributed by atoms with van der Waals surface area (Å²) in [7, 11) is 0. The number of nitrogens with one attached hydrogen (secondary N) is 1. The number of nitrogens with zero attached hydrogens (tertiary/aromatic N) is 1. The maximum Gasteiger partial charge on any atom is 0.414 e. The standard InChI is InChI=1S/C16H18N2O5/c1-10(19)17-8-12-9-18(16(21)23-12)11-4-5-15-13(7-11)14(20)3-2-6-22-15/h4-5,7,12H,2-3,6,8-9H2,1H3,(H,17,19)/t12-/m0/s1. The summed E-state index contributed by atoms with van der Waals surface area (Å²) < 4.78 is 10.8. The van der Waals surface area contributed by atoms with Gasteiger partial charge in [-0.25, -0.2) is 4.79 Å². The fourth-order valence-corrected chi connectivity index (χ4v) is 2.68. The van der Waals surface area contributed by atoms with Crippen LogP contribution in [0.15, 0.2) is 18.2 Å². The van der Waals surface area contributed by atoms with Gasteiger partial charge in [-0.1, -0.05) is 0 Å². The van der Waals surface area contributed by atoms with Crippen LogP contribution in [0.1, 0.15) is 30.1 Å². The van der Waals surface area contributed by atoms with E-state index in [2.05, 4.69) is 5.32 Å². The number of carbonyl (C=O) groups is 3. The lowest BCUT2D eigenvalue weighted by atomic mass is 10.1. The van der Waals surface area contributed by atoms with Crippen molar-refractivity contribution in [1.29, 1.82) is 0 Å². The molecular formula is C16H18N2O5. The highest BCUT2D eigenvalue weighted by Crippen LogP contribution is 2.30. The fourth-order valence-electron chi connectivity index (χ4n) is 2.68. The summed E-state index contributed by atoms with van der Waals surface area (Å²) in [4.78, 5) is 36.6. The zero-order valence-corrected chi connectivity index (χ0v) is 12.8. The van der Waals surface area contributed by atoms with Crippen molar-refractivity contribution in [3.8, 4) is 5.75 Å². The number of fused-ring (bicyclic) bond motifs is 1. The maximum absolute atomic E-state index is 12.1. The lowest BCUT2D eigenvalue weighted by Crippen LogP contribution is -2.33. The van der Waals surface area contributed by atoms with Crippen molar-refractivity contribution in [2.24, 2.45) is 0 Å². The van der Waals surface area contributed by atoms with Crippen LogP contribution in [0.3, 0.4) is 0 Å². The summed E-state index contributed by atoms with van der Waals surface area (Å²) in [5.74, 6) is 0.396. The Morgan fingerprint density at radius 1 is 1.39 bits per heavy atom. The number of rotatable bonds is 3. The van der Waals surface area contributed by atoms with E-state index in [9.17, 15) is 14.4 Å². The van der Waals surface area contributed by atoms with Crippen LogP contribution < -0.4 is 15.0 Å². The molecule has 3 rings (SSSR count). The number of amides is 2. The third-order valence-corrected chi connectivity index (χ3v) is 3.83. The number of benzene rings is 1. The van der Waals surface area contributed by atoms with Crippen molar-refractivity contribution < 1.29 is 23.9 Å². The highest BCUT2D eigenvalue weighted by molar-refractivity contribution is 6.01. The first kappa shape index (κ1) is 15.3. The normalized spacial score (nSPS) is 20.4. The molecule has 1 saturated heterocycles. The van der Waals surface area contributed by atoms with E-state index in [4.69, 9.17) is 9.47 Å². The second-order valence-electron chi connectivity index (χ2n) is 5.61. The van der Waals surface area contributed by atoms with Crippen LogP contribution in [0, 0.1) is 0 Å². The Balaban J connectivity index is 1.78. The third kappa shape index (κ3) is 3.28. The fraction of sp³-hybridized carbons (Fsp3) is 0.438. The van der Waals surface area contributed by atoms with Crippen molar-refractivity contribution in [3.05, 3.63) is 23.8 Å². The molecule has 0 aliphatic carbocycles. The minimum Gasteiger partial charge on any atom is -0.493 e. The summed E-state index contributed by atoms with van der Waals surface area (Å²) in [6.45, 7) is 2.52. The van der Waals surface area contributed by atoms with Crippen LogP contribution in [0.5, 0.6) is 5.75 Å². The van der Waals surface area contributed by atoms with Crippen LogP contribution in [-0.4, -0.2) is 43.6 Å². The highest BCUT2D eigenvalue weighted by Gasteiger charge is 2.33. The van der Waals surface area contributed by atoms with E-state index < -0.39 is 12.2 Å². The van der Waals surface area contributed by atoms with E-state index in [1.807, 2.05) is 0 Å². The lowest BCUT2D eigenvalue weighted by Gasteiger charge is -2.15. The lowest BCUT2D eigenvalue weighted by molar-refractivity contribution is -0.119. The van der Waals surface area contributed by atoms with Gasteiger partial charge < -0.3 is 14.8 Å². The largest absolute Gasteiger partial charge is 0.493 e. The molecular weight excluding hydrogens is 300 g/mol. The van der Waals surface area contributed by atoms with Crippen molar-refractivity contribution >= 4 is 23.5 Å². The maximum atomic E-state index is 12.1. The van der Waals surface area contributed by atoms with Gasteiger partial charge >= 0.3 is 6.09 Å². The van der Waals surface area contributed by atoms with Gasteiger partial charge in [-0.2, -0.15) is 0 Å². The Morgan fingerprint density at radius 3 is 3.00 bits per heavy atom. The molecule has 0 radical (unpaired) electrons. The van der Waals surface area contributed by atoms with Crippen LogP contribution >= 0.6 is 0 Å². The molecule has 7 heteroatoms. The average molecular weight is 318 g/mol. The third-order valence-electron chi connectivity index (χ3n) is 3.83. The van der Waals surface area contributed by atoms with Crippen LogP contribution in [0.2, 0.25) is 0 Å². The Bertz CT molecular complexity index is 658. The minimum absolute atomic E-state index is 0.0155. The van der Waals surface area contributed by atoms with E-state index >= 15 is 0 Å². The molecule has 122 valence electrons. The highest BCUT2D eigenvalue weighted by atomic mass is 16.6. The van der Waals surface area contributed by atoms with Crippen molar-refractivity contribution in [2.45, 2.75) is 25.9 Å². The van der Waals surface area contributed by atoms with E-state index in [0.29, 0.717) is 43.0 Å². The number of carbonyl (C=O) groups excluding carboxylic acids is 3. The van der Waals surface area contributed by atoms with Gasteiger partial charge in [0, 0.05) is 19.0 Å². The number of anilines is 1. The molecule has 2 aliphatic rings. The average Bonchev–Trinajstić information content (AvgIpc) is 2.80. The predicted molar refractivity (Wildman–Crippen MR) is 81.8 cm³/mol. The molecule has 1 fully saturated rings. The van der Waals surface area contributed by atoms with Gasteiger partial charge in [0.15, 0.2) is 5.78 Å². The molecule has 2 amide bonds. The zero-order chi connectivity index (χ0) is 16.4. The quantitative estimate of drug-likeness (QED) is 0.913. The van der Waals surface area contributed by atoms with E-state index in [1.165, 1.54) is 11.8 Å². The number of Topliss-reactive ketones (excluding diaryl/α,β-unsaturated/α-hetero) is 1. The zero-order valence-electron chi connectivity index (χ0n) is 12.8. The summed E-state index contributed by atoms with van der Waals surface area (Å²) in [6.07, 6.45) is 0.235. The first-order valence-electron chi connectivity index (χ1n) is 7.57. The van der Waals surface area contributed by atoms with Gasteiger partial charge in [0.2, 0.25) is 5.91 Å². The molecule has 23 heavy (non-hydrogen) atoms. The molecule has 1 aromatic carbocycles. The Morgan fingerprint density at radius 2 is 2.22 bits per heavy atom. The van der Waals surface area contributed by atoms with Crippen molar-refractivity contribution in [1.82, 2.24) is 5.32 Å². The summed E-state index contributed by atoms with van der Waals surface area (Å²) >= 11 is 0. The van der Waals surface area contributed by atoms with E-state index in [0.717, 1.165) is 0 Å². The number of hydrogen-bond acceptors (Lipinski definition) is 5. The second kappa shape index (κ2) is 6.28. The van der Waals surface area contributed by atoms with Gasteiger partial charge in [0.25, 0.3) is 0 Å². The number of cyclic esters (lactones) is 1. The Hall–Kier alpha value is -2.57. The van der Waals surface area contributed by atoms with Crippen LogP contribution in [-0.2, 0) is 9.53 Å². The predicted octanol–water partition coefficient (Wildman–Crippen LogP) is 1.50. The van der Waals surface area contributed by atoms with Gasteiger partial charge in [-0.3, -0.25) is 14.5 Å². The van der Waals surface area contributed by atoms with Crippen LogP contribution in [0.4, 0.5) is 10.5 Å². The molecule has 1 aromatic rings. The topological polar surface area (TPSA) is 84.9 Å². The molecule has 2 aliphatic heterocycles. The number of hydrogen-bond donors (Lipinski definition) is 1. The molecule has 0 aromatic heterocycles. The Labute approximate surface area is 133 Å². The molecule has 1 N–H and O–H groups in total. The number of ketones is 1. The van der Waals surface area contributed by atoms with Crippen LogP contribution in [0.25, 0.3) is 0 Å². The summed E-state index contributed by atoms with van der Waals surface area (Å²) in [5.41, 5.74) is 1.09. The smallest absolute Gasteiger partial charge is 0.414 e. The van der Waals surface area contributed by atoms with Gasteiger partial charge in [0.05, 0.1) is 25.3 Å². The molecule has 1 atom stereocenters. The van der Waals surface area contributed by atoms with Crippen molar-refractivity contribution in [3.63, 3.8) is 0 Å². The monoisotopic (exact) mass is 318 g/mol. The molecule has 0 saturated carbocycles. The first-order chi connectivity index (χ1) is 11.0. The summed E-state index contributed by atoms with van der Waals surface area (Å²) in [6, 6.07) is 5.12. The molecule has 0 unspecified atom stereocenters. The van der Waals surface area contributed by atoms with Crippen molar-refractivity contribution in [2.75, 3.05) is 24.6 Å². The SMILES string of the molecule is CC(=O)NC[C@H]1CN(c2ccc3c(c2)C(=O)CCCO3)C(=O)O1. The molecule has 0 spiro atoms. The van der Waals surface area contributed by atoms with Gasteiger partial charge in [-0.05, 0) is 24.6 Å². The minimum atomic E-state index is -0.484. The Kier molecular flexibility index (Phi) is 4.18.